The standard InChI is InChI=1S/C11H14FN3/c1-8(15-11-13-6-7-14-11)9-2-4-10(12)5-3-9/h2-5,8H,6-7H2,1H3,(H2,13,14,15)/t8-/m0/s1. The molecule has 1 aromatic rings. The van der Waals surface area contributed by atoms with E-state index in [4.69, 9.17) is 0 Å². The molecule has 2 rings (SSSR count). The summed E-state index contributed by atoms with van der Waals surface area (Å²) in [6.45, 7) is 3.73. The minimum atomic E-state index is -0.206. The molecule has 0 aliphatic carbocycles. The second kappa shape index (κ2) is 4.29. The van der Waals surface area contributed by atoms with Crippen molar-refractivity contribution >= 4 is 5.96 Å². The van der Waals surface area contributed by atoms with Crippen molar-refractivity contribution in [1.29, 1.82) is 0 Å². The van der Waals surface area contributed by atoms with E-state index in [2.05, 4.69) is 15.6 Å². The van der Waals surface area contributed by atoms with E-state index >= 15 is 0 Å². The summed E-state index contributed by atoms with van der Waals surface area (Å²) in [6.07, 6.45) is 0. The molecule has 0 unspecified atom stereocenters. The van der Waals surface area contributed by atoms with Gasteiger partial charge in [-0.1, -0.05) is 12.1 Å². The van der Waals surface area contributed by atoms with Gasteiger partial charge in [-0.15, -0.1) is 0 Å². The SMILES string of the molecule is C[C@H](NC1=NCCN1)c1ccc(F)cc1. The van der Waals surface area contributed by atoms with Gasteiger partial charge in [0, 0.05) is 6.54 Å². The number of guanidine groups is 1. The Hall–Kier alpha value is -1.58. The van der Waals surface area contributed by atoms with Crippen LogP contribution >= 0.6 is 0 Å². The number of hydrogen-bond donors (Lipinski definition) is 2. The number of nitrogens with one attached hydrogen (secondary N) is 2. The smallest absolute Gasteiger partial charge is 0.191 e. The molecule has 0 fully saturated rings. The largest absolute Gasteiger partial charge is 0.355 e. The Labute approximate surface area is 88.4 Å². The maximum absolute atomic E-state index is 12.7. The first-order valence-electron chi connectivity index (χ1n) is 5.06. The molecular weight excluding hydrogens is 193 g/mol. The fourth-order valence-corrected chi connectivity index (χ4v) is 1.53. The zero-order valence-electron chi connectivity index (χ0n) is 8.63. The number of halogens is 1. The molecule has 0 bridgehead atoms. The summed E-state index contributed by atoms with van der Waals surface area (Å²) in [5, 5.41) is 6.36. The third-order valence-corrected chi connectivity index (χ3v) is 2.40. The number of rotatable bonds is 2. The van der Waals surface area contributed by atoms with Crippen LogP contribution in [0.15, 0.2) is 29.3 Å². The first-order chi connectivity index (χ1) is 7.25. The molecule has 80 valence electrons. The number of benzene rings is 1. The van der Waals surface area contributed by atoms with Gasteiger partial charge in [0.25, 0.3) is 0 Å². The van der Waals surface area contributed by atoms with Crippen molar-refractivity contribution in [2.24, 2.45) is 4.99 Å². The van der Waals surface area contributed by atoms with Crippen LogP contribution in [0.4, 0.5) is 4.39 Å². The third-order valence-electron chi connectivity index (χ3n) is 2.40. The van der Waals surface area contributed by atoms with E-state index < -0.39 is 0 Å². The summed E-state index contributed by atoms with van der Waals surface area (Å²) in [6, 6.07) is 6.63. The molecule has 2 N–H and O–H groups in total. The Morgan fingerprint density at radius 3 is 2.73 bits per heavy atom. The van der Waals surface area contributed by atoms with Gasteiger partial charge in [-0.05, 0) is 24.6 Å². The molecule has 0 radical (unpaired) electrons. The molecule has 0 spiro atoms. The average Bonchev–Trinajstić information content (AvgIpc) is 2.71. The van der Waals surface area contributed by atoms with Gasteiger partial charge in [-0.3, -0.25) is 4.99 Å². The monoisotopic (exact) mass is 207 g/mol. The Bertz CT molecular complexity index is 359. The zero-order chi connectivity index (χ0) is 10.7. The summed E-state index contributed by atoms with van der Waals surface area (Å²) >= 11 is 0. The quantitative estimate of drug-likeness (QED) is 0.769. The minimum Gasteiger partial charge on any atom is -0.355 e. The van der Waals surface area contributed by atoms with Crippen LogP contribution in [0.25, 0.3) is 0 Å². The third kappa shape index (κ3) is 2.46. The van der Waals surface area contributed by atoms with Crippen LogP contribution in [0.1, 0.15) is 18.5 Å². The van der Waals surface area contributed by atoms with Crippen molar-refractivity contribution in [3.63, 3.8) is 0 Å². The average molecular weight is 207 g/mol. The van der Waals surface area contributed by atoms with Crippen LogP contribution < -0.4 is 10.6 Å². The van der Waals surface area contributed by atoms with Crippen LogP contribution in [-0.4, -0.2) is 19.0 Å². The second-order valence-corrected chi connectivity index (χ2v) is 3.57. The van der Waals surface area contributed by atoms with E-state index in [1.54, 1.807) is 12.1 Å². The Kier molecular flexibility index (Phi) is 2.85. The normalized spacial score (nSPS) is 16.8. The van der Waals surface area contributed by atoms with Crippen molar-refractivity contribution in [2.75, 3.05) is 13.1 Å². The molecule has 1 aromatic carbocycles. The van der Waals surface area contributed by atoms with Crippen LogP contribution in [0.3, 0.4) is 0 Å². The van der Waals surface area contributed by atoms with Crippen molar-refractivity contribution in [3.8, 4) is 0 Å². The fraction of sp³-hybridized carbons (Fsp3) is 0.364. The van der Waals surface area contributed by atoms with E-state index in [9.17, 15) is 4.39 Å². The lowest BCUT2D eigenvalue weighted by atomic mass is 10.1. The lowest BCUT2D eigenvalue weighted by Crippen LogP contribution is -2.35. The van der Waals surface area contributed by atoms with Gasteiger partial charge < -0.3 is 10.6 Å². The van der Waals surface area contributed by atoms with Gasteiger partial charge in [0.1, 0.15) is 5.82 Å². The molecule has 4 heteroatoms. The maximum Gasteiger partial charge on any atom is 0.191 e. The summed E-state index contributed by atoms with van der Waals surface area (Å²) in [5.41, 5.74) is 1.05. The van der Waals surface area contributed by atoms with Crippen molar-refractivity contribution in [3.05, 3.63) is 35.6 Å². The molecule has 0 aromatic heterocycles. The first-order valence-corrected chi connectivity index (χ1v) is 5.06. The van der Waals surface area contributed by atoms with E-state index in [1.165, 1.54) is 12.1 Å². The van der Waals surface area contributed by atoms with E-state index in [0.717, 1.165) is 24.6 Å². The summed E-state index contributed by atoms with van der Waals surface area (Å²) in [5.74, 6) is 0.620. The highest BCUT2D eigenvalue weighted by Gasteiger charge is 2.10. The van der Waals surface area contributed by atoms with Gasteiger partial charge in [-0.2, -0.15) is 0 Å². The van der Waals surface area contributed by atoms with Gasteiger partial charge in [-0.25, -0.2) is 4.39 Å². The van der Waals surface area contributed by atoms with Crippen molar-refractivity contribution in [1.82, 2.24) is 10.6 Å². The Morgan fingerprint density at radius 1 is 1.40 bits per heavy atom. The molecule has 3 nitrogen and oxygen atoms in total. The van der Waals surface area contributed by atoms with Crippen LogP contribution in [-0.2, 0) is 0 Å². The number of nitrogens with zero attached hydrogens (tertiary/aromatic N) is 1. The number of hydrogen-bond acceptors (Lipinski definition) is 3. The zero-order valence-corrected chi connectivity index (χ0v) is 8.63. The fourth-order valence-electron chi connectivity index (χ4n) is 1.53. The molecule has 0 saturated heterocycles. The minimum absolute atomic E-state index is 0.134. The predicted molar refractivity (Wildman–Crippen MR) is 58.3 cm³/mol. The van der Waals surface area contributed by atoms with Crippen molar-refractivity contribution < 1.29 is 4.39 Å². The Balaban J connectivity index is 2.00. The Morgan fingerprint density at radius 2 is 2.13 bits per heavy atom. The van der Waals surface area contributed by atoms with Crippen LogP contribution in [0.2, 0.25) is 0 Å². The second-order valence-electron chi connectivity index (χ2n) is 3.57. The molecule has 0 saturated carbocycles. The lowest BCUT2D eigenvalue weighted by molar-refractivity contribution is 0.624. The molecule has 1 atom stereocenters. The molecule has 1 aliphatic heterocycles. The van der Waals surface area contributed by atoms with E-state index in [-0.39, 0.29) is 11.9 Å². The summed E-state index contributed by atoms with van der Waals surface area (Å²) < 4.78 is 12.7. The highest BCUT2D eigenvalue weighted by molar-refractivity contribution is 5.81. The van der Waals surface area contributed by atoms with Crippen LogP contribution in [0, 0.1) is 5.82 Å². The topological polar surface area (TPSA) is 36.4 Å². The van der Waals surface area contributed by atoms with Crippen LogP contribution in [0.5, 0.6) is 0 Å². The number of aliphatic imine (C=N–C) groups is 1. The first kappa shape index (κ1) is 9.96. The molecule has 0 amide bonds. The predicted octanol–water partition coefficient (Wildman–Crippen LogP) is 1.44. The van der Waals surface area contributed by atoms with Gasteiger partial charge in [0.05, 0.1) is 12.6 Å². The lowest BCUT2D eigenvalue weighted by Gasteiger charge is -2.15. The molecule has 15 heavy (non-hydrogen) atoms. The highest BCUT2D eigenvalue weighted by Crippen LogP contribution is 2.12. The maximum atomic E-state index is 12.7. The molecule has 1 aliphatic rings. The summed E-state index contributed by atoms with van der Waals surface area (Å²) in [7, 11) is 0. The van der Waals surface area contributed by atoms with Gasteiger partial charge >= 0.3 is 0 Å². The van der Waals surface area contributed by atoms with Gasteiger partial charge in [0.2, 0.25) is 0 Å². The molecular formula is C11H14FN3. The highest BCUT2D eigenvalue weighted by atomic mass is 19.1. The van der Waals surface area contributed by atoms with E-state index in [0.29, 0.717) is 0 Å². The van der Waals surface area contributed by atoms with Gasteiger partial charge in [0.15, 0.2) is 5.96 Å². The molecule has 1 heterocycles. The van der Waals surface area contributed by atoms with E-state index in [1.807, 2.05) is 6.92 Å². The summed E-state index contributed by atoms with van der Waals surface area (Å²) in [4.78, 5) is 4.24. The van der Waals surface area contributed by atoms with Crippen molar-refractivity contribution in [2.45, 2.75) is 13.0 Å².